The maximum Gasteiger partial charge on any atom is 0.326 e. The van der Waals surface area contributed by atoms with Gasteiger partial charge in [-0.2, -0.15) is 0 Å². The second-order valence-corrected chi connectivity index (χ2v) is 3.72. The Morgan fingerprint density at radius 2 is 2.00 bits per heavy atom. The van der Waals surface area contributed by atoms with Crippen LogP contribution >= 0.6 is 0 Å². The normalized spacial score (nSPS) is 11.3. The van der Waals surface area contributed by atoms with E-state index < -0.39 is 18.0 Å². The lowest BCUT2D eigenvalue weighted by Gasteiger charge is -2.14. The number of nitrogens with one attached hydrogen (secondary N) is 2. The van der Waals surface area contributed by atoms with Gasteiger partial charge in [0.25, 0.3) is 0 Å². The quantitative estimate of drug-likeness (QED) is 0.661. The number of aliphatic carboxylic acids is 1. The summed E-state index contributed by atoms with van der Waals surface area (Å²) in [4.78, 5) is 22.4. The minimum absolute atomic E-state index is 0.248. The molecule has 96 valence electrons. The van der Waals surface area contributed by atoms with Crippen molar-refractivity contribution in [2.45, 2.75) is 12.5 Å². The third-order valence-electron chi connectivity index (χ3n) is 2.29. The molecule has 1 unspecified atom stereocenters. The van der Waals surface area contributed by atoms with Gasteiger partial charge in [-0.1, -0.05) is 36.4 Å². The van der Waals surface area contributed by atoms with Gasteiger partial charge in [-0.15, -0.1) is 6.58 Å². The number of rotatable bonds is 6. The number of hydrogen-bond donors (Lipinski definition) is 3. The van der Waals surface area contributed by atoms with Crippen LogP contribution in [0.2, 0.25) is 0 Å². The Morgan fingerprint density at radius 1 is 1.33 bits per heavy atom. The third kappa shape index (κ3) is 4.69. The van der Waals surface area contributed by atoms with Crippen molar-refractivity contribution in [3.63, 3.8) is 0 Å². The first kappa shape index (κ1) is 13.8. The van der Waals surface area contributed by atoms with Crippen LogP contribution in [-0.4, -0.2) is 29.7 Å². The monoisotopic (exact) mass is 248 g/mol. The largest absolute Gasteiger partial charge is 0.480 e. The maximum atomic E-state index is 11.4. The number of benzene rings is 1. The first-order valence-electron chi connectivity index (χ1n) is 5.55. The second kappa shape index (κ2) is 7.11. The molecule has 1 aromatic carbocycles. The highest BCUT2D eigenvalue weighted by Crippen LogP contribution is 2.03. The molecule has 5 heteroatoms. The Kier molecular flexibility index (Phi) is 5.44. The van der Waals surface area contributed by atoms with Crippen LogP contribution in [0.4, 0.5) is 4.79 Å². The van der Waals surface area contributed by atoms with Crippen LogP contribution in [0.1, 0.15) is 5.56 Å². The van der Waals surface area contributed by atoms with Crippen molar-refractivity contribution in [3.8, 4) is 0 Å². The molecule has 0 saturated heterocycles. The summed E-state index contributed by atoms with van der Waals surface area (Å²) in [5.74, 6) is -1.06. The van der Waals surface area contributed by atoms with E-state index in [2.05, 4.69) is 17.2 Å². The highest BCUT2D eigenvalue weighted by molar-refractivity contribution is 5.82. The zero-order valence-electron chi connectivity index (χ0n) is 9.93. The number of carboxylic acids is 1. The van der Waals surface area contributed by atoms with Gasteiger partial charge in [-0.3, -0.25) is 0 Å². The molecule has 2 amide bonds. The van der Waals surface area contributed by atoms with Crippen molar-refractivity contribution < 1.29 is 14.7 Å². The van der Waals surface area contributed by atoms with Gasteiger partial charge in [0.05, 0.1) is 0 Å². The standard InChI is InChI=1S/C13H16N2O3/c1-2-8-14-13(18)15-11(12(16)17)9-10-6-4-3-5-7-10/h2-7,11H,1,8-9H2,(H,16,17)(H2,14,15,18). The number of amides is 2. The van der Waals surface area contributed by atoms with Crippen molar-refractivity contribution in [1.29, 1.82) is 0 Å². The molecule has 0 aliphatic carbocycles. The minimum atomic E-state index is -1.06. The number of carbonyl (C=O) groups excluding carboxylic acids is 1. The number of urea groups is 1. The topological polar surface area (TPSA) is 78.4 Å². The SMILES string of the molecule is C=CCNC(=O)NC(Cc1ccccc1)C(=O)O. The summed E-state index contributed by atoms with van der Waals surface area (Å²) in [6.45, 7) is 3.75. The molecule has 0 aromatic heterocycles. The van der Waals surface area contributed by atoms with Crippen LogP contribution in [0.5, 0.6) is 0 Å². The van der Waals surface area contributed by atoms with Crippen LogP contribution < -0.4 is 10.6 Å². The van der Waals surface area contributed by atoms with E-state index in [9.17, 15) is 9.59 Å². The number of hydrogen-bond acceptors (Lipinski definition) is 2. The molecule has 0 saturated carbocycles. The van der Waals surface area contributed by atoms with Gasteiger partial charge in [0.1, 0.15) is 6.04 Å². The van der Waals surface area contributed by atoms with Crippen LogP contribution in [0, 0.1) is 0 Å². The highest BCUT2D eigenvalue weighted by Gasteiger charge is 2.19. The lowest BCUT2D eigenvalue weighted by molar-refractivity contribution is -0.139. The van der Waals surface area contributed by atoms with Gasteiger partial charge in [0.2, 0.25) is 0 Å². The van der Waals surface area contributed by atoms with Crippen molar-refractivity contribution in [3.05, 3.63) is 48.6 Å². The molecule has 0 aliphatic heterocycles. The predicted molar refractivity (Wildman–Crippen MR) is 68.3 cm³/mol. The van der Waals surface area contributed by atoms with Crippen molar-refractivity contribution in [2.75, 3.05) is 6.54 Å². The van der Waals surface area contributed by atoms with Gasteiger partial charge in [-0.25, -0.2) is 9.59 Å². The van der Waals surface area contributed by atoms with Crippen LogP contribution in [0.15, 0.2) is 43.0 Å². The summed E-state index contributed by atoms with van der Waals surface area (Å²) in [7, 11) is 0. The predicted octanol–water partition coefficient (Wildman–Crippen LogP) is 1.17. The van der Waals surface area contributed by atoms with Gasteiger partial charge in [0, 0.05) is 13.0 Å². The van der Waals surface area contributed by atoms with Crippen molar-refractivity contribution in [2.24, 2.45) is 0 Å². The van der Waals surface area contributed by atoms with E-state index >= 15 is 0 Å². The molecule has 0 fully saturated rings. The van der Waals surface area contributed by atoms with Crippen LogP contribution in [-0.2, 0) is 11.2 Å². The minimum Gasteiger partial charge on any atom is -0.480 e. The molecule has 0 heterocycles. The lowest BCUT2D eigenvalue weighted by atomic mass is 10.1. The fourth-order valence-electron chi connectivity index (χ4n) is 1.42. The van der Waals surface area contributed by atoms with E-state index in [0.29, 0.717) is 6.54 Å². The molecule has 5 nitrogen and oxygen atoms in total. The van der Waals surface area contributed by atoms with Gasteiger partial charge < -0.3 is 15.7 Å². The van der Waals surface area contributed by atoms with E-state index in [0.717, 1.165) is 5.56 Å². The van der Waals surface area contributed by atoms with E-state index in [-0.39, 0.29) is 6.42 Å². The Hall–Kier alpha value is -2.30. The molecular weight excluding hydrogens is 232 g/mol. The summed E-state index contributed by atoms with van der Waals surface area (Å²) < 4.78 is 0. The first-order valence-corrected chi connectivity index (χ1v) is 5.55. The molecule has 18 heavy (non-hydrogen) atoms. The molecule has 0 radical (unpaired) electrons. The fraction of sp³-hybridized carbons (Fsp3) is 0.231. The molecule has 0 aliphatic rings. The van der Waals surface area contributed by atoms with Crippen molar-refractivity contribution >= 4 is 12.0 Å². The van der Waals surface area contributed by atoms with Gasteiger partial charge in [0.15, 0.2) is 0 Å². The molecule has 0 bridgehead atoms. The Bertz CT molecular complexity index is 418. The molecule has 0 spiro atoms. The Labute approximate surface area is 106 Å². The van der Waals surface area contributed by atoms with E-state index in [4.69, 9.17) is 5.11 Å². The average molecular weight is 248 g/mol. The number of carbonyl (C=O) groups is 2. The highest BCUT2D eigenvalue weighted by atomic mass is 16.4. The maximum absolute atomic E-state index is 11.4. The smallest absolute Gasteiger partial charge is 0.326 e. The molecule has 1 rings (SSSR count). The fourth-order valence-corrected chi connectivity index (χ4v) is 1.42. The van der Waals surface area contributed by atoms with Crippen LogP contribution in [0.3, 0.4) is 0 Å². The lowest BCUT2D eigenvalue weighted by Crippen LogP contribution is -2.47. The number of carboxylic acid groups (broad SMARTS) is 1. The summed E-state index contributed by atoms with van der Waals surface area (Å²) in [5.41, 5.74) is 0.855. The summed E-state index contributed by atoms with van der Waals surface area (Å²) in [5, 5.41) is 13.9. The van der Waals surface area contributed by atoms with Crippen LogP contribution in [0.25, 0.3) is 0 Å². The Morgan fingerprint density at radius 3 is 2.56 bits per heavy atom. The summed E-state index contributed by atoms with van der Waals surface area (Å²) in [6.07, 6.45) is 1.77. The van der Waals surface area contributed by atoms with E-state index in [1.165, 1.54) is 6.08 Å². The second-order valence-electron chi connectivity index (χ2n) is 3.72. The van der Waals surface area contributed by atoms with Gasteiger partial charge >= 0.3 is 12.0 Å². The molecule has 3 N–H and O–H groups in total. The van der Waals surface area contributed by atoms with Gasteiger partial charge in [-0.05, 0) is 5.56 Å². The molecule has 1 atom stereocenters. The third-order valence-corrected chi connectivity index (χ3v) is 2.29. The zero-order valence-corrected chi connectivity index (χ0v) is 9.93. The Balaban J connectivity index is 2.58. The van der Waals surface area contributed by atoms with E-state index in [1.54, 1.807) is 0 Å². The molecule has 1 aromatic rings. The zero-order chi connectivity index (χ0) is 13.4. The van der Waals surface area contributed by atoms with Crippen molar-refractivity contribution in [1.82, 2.24) is 10.6 Å². The molecular formula is C13H16N2O3. The summed E-state index contributed by atoms with van der Waals surface area (Å²) in [6, 6.07) is 7.68. The first-order chi connectivity index (χ1) is 8.63. The van der Waals surface area contributed by atoms with E-state index in [1.807, 2.05) is 30.3 Å². The summed E-state index contributed by atoms with van der Waals surface area (Å²) >= 11 is 0. The average Bonchev–Trinajstić information content (AvgIpc) is 2.36.